The summed E-state index contributed by atoms with van der Waals surface area (Å²) in [7, 11) is -3.74. The lowest BCUT2D eigenvalue weighted by Crippen LogP contribution is -2.35. The maximum Gasteiger partial charge on any atom is 0.243 e. The van der Waals surface area contributed by atoms with Gasteiger partial charge >= 0.3 is 0 Å². The van der Waals surface area contributed by atoms with Gasteiger partial charge in [-0.15, -0.1) is 11.3 Å². The van der Waals surface area contributed by atoms with Crippen LogP contribution in [-0.4, -0.2) is 30.9 Å². The second-order valence-electron chi connectivity index (χ2n) is 6.39. The number of hydrogen-bond donors (Lipinski definition) is 0. The van der Waals surface area contributed by atoms with Crippen molar-refractivity contribution in [3.05, 3.63) is 64.9 Å². The predicted molar refractivity (Wildman–Crippen MR) is 106 cm³/mol. The molecule has 8 heteroatoms. The molecule has 0 aliphatic carbocycles. The molecule has 2 heterocycles. The first-order valence-corrected chi connectivity index (χ1v) is 11.2. The molecule has 28 heavy (non-hydrogen) atoms. The van der Waals surface area contributed by atoms with E-state index in [4.69, 9.17) is 9.72 Å². The third-order valence-corrected chi connectivity index (χ3v) is 7.51. The Morgan fingerprint density at radius 2 is 2.00 bits per heavy atom. The summed E-state index contributed by atoms with van der Waals surface area (Å²) < 4.78 is 46.0. The van der Waals surface area contributed by atoms with E-state index in [1.807, 2.05) is 31.2 Å². The molecule has 0 N–H and O–H groups in total. The van der Waals surface area contributed by atoms with E-state index in [0.717, 1.165) is 33.0 Å². The topological polar surface area (TPSA) is 59.5 Å². The minimum Gasteiger partial charge on any atom is -0.494 e. The summed E-state index contributed by atoms with van der Waals surface area (Å²) >= 11 is 1.49. The lowest BCUT2D eigenvalue weighted by Gasteiger charge is -2.25. The quantitative estimate of drug-likeness (QED) is 0.626. The third-order valence-electron chi connectivity index (χ3n) is 4.54. The van der Waals surface area contributed by atoms with Gasteiger partial charge < -0.3 is 4.74 Å². The van der Waals surface area contributed by atoms with Crippen LogP contribution in [0.25, 0.3) is 10.6 Å². The molecule has 146 valence electrons. The number of hydrogen-bond acceptors (Lipinski definition) is 5. The summed E-state index contributed by atoms with van der Waals surface area (Å²) in [5.41, 5.74) is 1.90. The molecule has 0 unspecified atom stereocenters. The van der Waals surface area contributed by atoms with Gasteiger partial charge in [-0.05, 0) is 49.4 Å². The number of aromatic nitrogens is 1. The van der Waals surface area contributed by atoms with Gasteiger partial charge in [-0.25, -0.2) is 17.8 Å². The Balaban J connectivity index is 1.58. The maximum absolute atomic E-state index is 13.5. The molecular formula is C20H19FN2O3S2. The number of benzene rings is 2. The van der Waals surface area contributed by atoms with Gasteiger partial charge in [0, 0.05) is 23.4 Å². The van der Waals surface area contributed by atoms with Crippen LogP contribution in [0, 0.1) is 5.82 Å². The van der Waals surface area contributed by atoms with Gasteiger partial charge in [0.2, 0.25) is 10.0 Å². The normalized spacial score (nSPS) is 14.6. The number of fused-ring (bicyclic) bond motifs is 1. The molecule has 0 saturated heterocycles. The van der Waals surface area contributed by atoms with Gasteiger partial charge in [-0.3, -0.25) is 0 Å². The second kappa shape index (κ2) is 7.62. The van der Waals surface area contributed by atoms with Crippen LogP contribution in [0.5, 0.6) is 5.75 Å². The highest BCUT2D eigenvalue weighted by Gasteiger charge is 2.30. The number of thiazole rings is 1. The molecule has 0 spiro atoms. The number of sulfonamides is 1. The van der Waals surface area contributed by atoms with Gasteiger partial charge in [0.1, 0.15) is 16.6 Å². The first-order chi connectivity index (χ1) is 13.5. The van der Waals surface area contributed by atoms with E-state index in [9.17, 15) is 12.8 Å². The summed E-state index contributed by atoms with van der Waals surface area (Å²) in [6, 6.07) is 12.8. The fourth-order valence-electron chi connectivity index (χ4n) is 3.14. The molecule has 0 fully saturated rings. The maximum atomic E-state index is 13.5. The van der Waals surface area contributed by atoms with E-state index in [0.29, 0.717) is 19.6 Å². The van der Waals surface area contributed by atoms with Crippen molar-refractivity contribution in [2.75, 3.05) is 13.2 Å². The van der Waals surface area contributed by atoms with Crippen LogP contribution in [0.15, 0.2) is 53.4 Å². The molecule has 0 amide bonds. The zero-order valence-electron chi connectivity index (χ0n) is 15.3. The highest BCUT2D eigenvalue weighted by molar-refractivity contribution is 7.89. The molecule has 3 aromatic rings. The second-order valence-corrected chi connectivity index (χ2v) is 9.41. The van der Waals surface area contributed by atoms with Crippen molar-refractivity contribution in [3.8, 4) is 16.3 Å². The van der Waals surface area contributed by atoms with Crippen LogP contribution < -0.4 is 4.74 Å². The summed E-state index contributed by atoms with van der Waals surface area (Å²) in [6.45, 7) is 3.13. The zero-order valence-corrected chi connectivity index (χ0v) is 16.9. The van der Waals surface area contributed by atoms with Crippen LogP contribution in [0.3, 0.4) is 0 Å². The average Bonchev–Trinajstić information content (AvgIpc) is 3.12. The van der Waals surface area contributed by atoms with Crippen molar-refractivity contribution < 1.29 is 17.5 Å². The summed E-state index contributed by atoms with van der Waals surface area (Å²) in [5, 5.41) is 0.859. The highest BCUT2D eigenvalue weighted by Crippen LogP contribution is 2.34. The van der Waals surface area contributed by atoms with Crippen LogP contribution in [-0.2, 0) is 23.0 Å². The van der Waals surface area contributed by atoms with Gasteiger partial charge in [0.05, 0.1) is 23.7 Å². The van der Waals surface area contributed by atoms with Crippen LogP contribution in [0.1, 0.15) is 17.5 Å². The Labute approximate surface area is 167 Å². The fraction of sp³-hybridized carbons (Fsp3) is 0.250. The van der Waals surface area contributed by atoms with Crippen molar-refractivity contribution >= 4 is 21.4 Å². The molecule has 2 aromatic carbocycles. The number of halogens is 1. The largest absolute Gasteiger partial charge is 0.494 e. The predicted octanol–water partition coefficient (Wildman–Crippen LogP) is 4.09. The minimum absolute atomic E-state index is 0.0211. The summed E-state index contributed by atoms with van der Waals surface area (Å²) in [5.74, 6) is 0.245. The Morgan fingerprint density at radius 3 is 2.71 bits per heavy atom. The fourth-order valence-corrected chi connectivity index (χ4v) is 5.79. The third kappa shape index (κ3) is 3.67. The molecule has 1 aliphatic heterocycles. The van der Waals surface area contributed by atoms with Crippen molar-refractivity contribution in [1.29, 1.82) is 0 Å². The highest BCUT2D eigenvalue weighted by atomic mass is 32.2. The number of ether oxygens (including phenoxy) is 1. The molecule has 1 aromatic heterocycles. The Bertz CT molecular complexity index is 1090. The minimum atomic E-state index is -3.74. The van der Waals surface area contributed by atoms with Crippen LogP contribution in [0.2, 0.25) is 0 Å². The molecule has 0 atom stereocenters. The van der Waals surface area contributed by atoms with Crippen molar-refractivity contribution in [2.45, 2.75) is 24.8 Å². The molecule has 1 aliphatic rings. The van der Waals surface area contributed by atoms with Crippen LogP contribution in [0.4, 0.5) is 4.39 Å². The van der Waals surface area contributed by atoms with Gasteiger partial charge in [-0.2, -0.15) is 4.31 Å². The Morgan fingerprint density at radius 1 is 1.21 bits per heavy atom. The number of nitrogens with zero attached hydrogens (tertiary/aromatic N) is 2. The summed E-state index contributed by atoms with van der Waals surface area (Å²) in [6.07, 6.45) is 0.539. The molecule has 0 bridgehead atoms. The Hall–Kier alpha value is -2.29. The first-order valence-electron chi connectivity index (χ1n) is 8.95. The standard InChI is InChI=1S/C20H19FN2O3S2/c1-2-26-16-8-6-14(7-9-16)20-22-18-10-11-23(13-19(18)27-20)28(24,25)17-5-3-4-15(21)12-17/h3-9,12H,2,10-11,13H2,1H3. The smallest absolute Gasteiger partial charge is 0.243 e. The molecular weight excluding hydrogens is 399 g/mol. The zero-order chi connectivity index (χ0) is 19.7. The first kappa shape index (κ1) is 19.0. The lowest BCUT2D eigenvalue weighted by atomic mass is 10.2. The lowest BCUT2D eigenvalue weighted by molar-refractivity contribution is 0.340. The SMILES string of the molecule is CCOc1ccc(-c2nc3c(s2)CN(S(=O)(=O)c2cccc(F)c2)CC3)cc1. The van der Waals surface area contributed by atoms with Gasteiger partial charge in [-0.1, -0.05) is 6.07 Å². The molecule has 4 rings (SSSR count). The van der Waals surface area contributed by atoms with Crippen molar-refractivity contribution in [1.82, 2.24) is 9.29 Å². The summed E-state index contributed by atoms with van der Waals surface area (Å²) in [4.78, 5) is 5.60. The van der Waals surface area contributed by atoms with E-state index in [1.165, 1.54) is 33.8 Å². The van der Waals surface area contributed by atoms with Crippen LogP contribution >= 0.6 is 11.3 Å². The number of rotatable bonds is 5. The van der Waals surface area contributed by atoms with E-state index in [2.05, 4.69) is 0 Å². The monoisotopic (exact) mass is 418 g/mol. The van der Waals surface area contributed by atoms with E-state index in [-0.39, 0.29) is 11.4 Å². The van der Waals surface area contributed by atoms with Crippen molar-refractivity contribution in [3.63, 3.8) is 0 Å². The van der Waals surface area contributed by atoms with Gasteiger partial charge in [0.15, 0.2) is 0 Å². The van der Waals surface area contributed by atoms with E-state index < -0.39 is 15.8 Å². The van der Waals surface area contributed by atoms with Gasteiger partial charge in [0.25, 0.3) is 0 Å². The average molecular weight is 419 g/mol. The van der Waals surface area contributed by atoms with Crippen molar-refractivity contribution in [2.24, 2.45) is 0 Å². The molecule has 5 nitrogen and oxygen atoms in total. The molecule has 0 saturated carbocycles. The Kier molecular flexibility index (Phi) is 5.18. The molecule has 0 radical (unpaired) electrons. The van der Waals surface area contributed by atoms with E-state index >= 15 is 0 Å². The van der Waals surface area contributed by atoms with E-state index in [1.54, 1.807) is 0 Å².